The molecule has 0 bridgehead atoms. The molecule has 1 rings (SSSR count). The fourth-order valence-electron chi connectivity index (χ4n) is 1.33. The number of methoxy groups -OCH3 is 1. The van der Waals surface area contributed by atoms with Gasteiger partial charge in [-0.15, -0.1) is 0 Å². The summed E-state index contributed by atoms with van der Waals surface area (Å²) in [6.07, 6.45) is 0.137. The number of aliphatic hydroxyl groups excluding tert-OH is 1. The van der Waals surface area contributed by atoms with Crippen LogP contribution in [0.5, 0.6) is 0 Å². The number of anilines is 2. The number of ether oxygens (including phenoxy) is 1. The van der Waals surface area contributed by atoms with Crippen molar-refractivity contribution in [3.63, 3.8) is 0 Å². The number of benzene rings is 1. The van der Waals surface area contributed by atoms with E-state index in [0.29, 0.717) is 30.3 Å². The molecule has 4 N–H and O–H groups in total. The van der Waals surface area contributed by atoms with Crippen LogP contribution in [0.3, 0.4) is 0 Å². The first-order chi connectivity index (χ1) is 7.63. The Morgan fingerprint density at radius 2 is 2.31 bits per heavy atom. The standard InChI is InChI=1S/C11H17ClN2O2/c1-16-7-9(15)4-5-14-11-6-8(12)2-3-10(11)13/h2-3,6,9,14-15H,4-5,7,13H2,1H3. The molecule has 0 aromatic heterocycles. The van der Waals surface area contributed by atoms with E-state index in [9.17, 15) is 5.11 Å². The molecule has 0 heterocycles. The number of nitrogens with two attached hydrogens (primary N) is 1. The molecule has 0 aliphatic rings. The maximum absolute atomic E-state index is 9.43. The van der Waals surface area contributed by atoms with Gasteiger partial charge in [0, 0.05) is 18.7 Å². The molecule has 0 spiro atoms. The van der Waals surface area contributed by atoms with E-state index in [1.807, 2.05) is 0 Å². The van der Waals surface area contributed by atoms with E-state index in [4.69, 9.17) is 22.1 Å². The Hall–Kier alpha value is -0.970. The summed E-state index contributed by atoms with van der Waals surface area (Å²) in [6.45, 7) is 0.960. The van der Waals surface area contributed by atoms with E-state index in [2.05, 4.69) is 5.32 Å². The van der Waals surface area contributed by atoms with Crippen LogP contribution in [-0.2, 0) is 4.74 Å². The van der Waals surface area contributed by atoms with Crippen molar-refractivity contribution in [3.8, 4) is 0 Å². The van der Waals surface area contributed by atoms with Crippen LogP contribution in [0, 0.1) is 0 Å². The number of hydrogen-bond donors (Lipinski definition) is 3. The van der Waals surface area contributed by atoms with Crippen molar-refractivity contribution in [1.82, 2.24) is 0 Å². The molecule has 0 aliphatic carbocycles. The van der Waals surface area contributed by atoms with E-state index < -0.39 is 6.10 Å². The summed E-state index contributed by atoms with van der Waals surface area (Å²) in [5, 5.41) is 13.2. The highest BCUT2D eigenvalue weighted by molar-refractivity contribution is 6.31. The molecule has 0 saturated heterocycles. The zero-order valence-electron chi connectivity index (χ0n) is 9.24. The van der Waals surface area contributed by atoms with Gasteiger partial charge >= 0.3 is 0 Å². The Balaban J connectivity index is 2.39. The molecule has 4 nitrogen and oxygen atoms in total. The monoisotopic (exact) mass is 244 g/mol. The zero-order valence-corrected chi connectivity index (χ0v) is 10.00. The largest absolute Gasteiger partial charge is 0.397 e. The van der Waals surface area contributed by atoms with Gasteiger partial charge in [0.1, 0.15) is 0 Å². The van der Waals surface area contributed by atoms with Crippen LogP contribution in [-0.4, -0.2) is 31.5 Å². The molecular weight excluding hydrogens is 228 g/mol. The smallest absolute Gasteiger partial charge is 0.0790 e. The molecule has 1 unspecified atom stereocenters. The van der Waals surface area contributed by atoms with Gasteiger partial charge in [-0.3, -0.25) is 0 Å². The molecular formula is C11H17ClN2O2. The second-order valence-electron chi connectivity index (χ2n) is 3.56. The topological polar surface area (TPSA) is 67.5 Å². The van der Waals surface area contributed by atoms with E-state index in [0.717, 1.165) is 5.69 Å². The molecule has 0 radical (unpaired) electrons. The van der Waals surface area contributed by atoms with Crippen LogP contribution in [0.2, 0.25) is 5.02 Å². The lowest BCUT2D eigenvalue weighted by Crippen LogP contribution is -2.18. The molecule has 0 amide bonds. The Kier molecular flexibility index (Phi) is 5.38. The molecule has 0 fully saturated rings. The highest BCUT2D eigenvalue weighted by Crippen LogP contribution is 2.22. The first-order valence-electron chi connectivity index (χ1n) is 5.09. The van der Waals surface area contributed by atoms with E-state index in [-0.39, 0.29) is 0 Å². The molecule has 0 aliphatic heterocycles. The Labute approximate surface area is 100 Å². The van der Waals surface area contributed by atoms with Gasteiger partial charge in [0.25, 0.3) is 0 Å². The molecule has 1 aromatic rings. The maximum atomic E-state index is 9.43. The first kappa shape index (κ1) is 13.1. The molecule has 5 heteroatoms. The summed E-state index contributed by atoms with van der Waals surface area (Å²) in [5.74, 6) is 0. The fourth-order valence-corrected chi connectivity index (χ4v) is 1.50. The lowest BCUT2D eigenvalue weighted by molar-refractivity contribution is 0.0615. The van der Waals surface area contributed by atoms with E-state index >= 15 is 0 Å². The van der Waals surface area contributed by atoms with Crippen molar-refractivity contribution >= 4 is 23.0 Å². The number of hydrogen-bond acceptors (Lipinski definition) is 4. The lowest BCUT2D eigenvalue weighted by atomic mass is 10.2. The van der Waals surface area contributed by atoms with Crippen LogP contribution in [0.25, 0.3) is 0 Å². The van der Waals surface area contributed by atoms with Crippen molar-refractivity contribution in [2.75, 3.05) is 31.3 Å². The molecule has 1 aromatic carbocycles. The van der Waals surface area contributed by atoms with Crippen LogP contribution in [0.1, 0.15) is 6.42 Å². The second kappa shape index (κ2) is 6.58. The van der Waals surface area contributed by atoms with E-state index in [1.54, 1.807) is 25.3 Å². The third-order valence-corrected chi connectivity index (χ3v) is 2.40. The van der Waals surface area contributed by atoms with Crippen molar-refractivity contribution in [2.24, 2.45) is 0 Å². The zero-order chi connectivity index (χ0) is 12.0. The van der Waals surface area contributed by atoms with Crippen molar-refractivity contribution in [1.29, 1.82) is 0 Å². The summed E-state index contributed by atoms with van der Waals surface area (Å²) >= 11 is 5.84. The average molecular weight is 245 g/mol. The van der Waals surface area contributed by atoms with Crippen LogP contribution in [0.15, 0.2) is 18.2 Å². The Morgan fingerprint density at radius 3 is 3.00 bits per heavy atom. The van der Waals surface area contributed by atoms with Crippen LogP contribution in [0.4, 0.5) is 11.4 Å². The molecule has 0 saturated carbocycles. The van der Waals surface area contributed by atoms with Gasteiger partial charge in [-0.25, -0.2) is 0 Å². The van der Waals surface area contributed by atoms with Gasteiger partial charge in [0.2, 0.25) is 0 Å². The molecule has 16 heavy (non-hydrogen) atoms. The number of halogens is 1. The Bertz CT molecular complexity index is 334. The Morgan fingerprint density at radius 1 is 1.56 bits per heavy atom. The van der Waals surface area contributed by atoms with Crippen molar-refractivity contribution < 1.29 is 9.84 Å². The highest BCUT2D eigenvalue weighted by atomic mass is 35.5. The predicted octanol–water partition coefficient (Wildman–Crippen LogP) is 1.73. The third-order valence-electron chi connectivity index (χ3n) is 2.17. The number of nitrogen functional groups attached to an aromatic ring is 1. The highest BCUT2D eigenvalue weighted by Gasteiger charge is 2.04. The fraction of sp³-hybridized carbons (Fsp3) is 0.455. The second-order valence-corrected chi connectivity index (χ2v) is 3.99. The van der Waals surface area contributed by atoms with Gasteiger partial charge in [-0.2, -0.15) is 0 Å². The summed E-state index contributed by atoms with van der Waals surface area (Å²) in [4.78, 5) is 0. The van der Waals surface area contributed by atoms with Crippen LogP contribution >= 0.6 is 11.6 Å². The van der Waals surface area contributed by atoms with Crippen molar-refractivity contribution in [3.05, 3.63) is 23.2 Å². The third kappa shape index (κ3) is 4.26. The van der Waals surface area contributed by atoms with Gasteiger partial charge in [0.05, 0.1) is 24.1 Å². The number of rotatable bonds is 6. The summed E-state index contributed by atoms with van der Waals surface area (Å²) in [7, 11) is 1.56. The van der Waals surface area contributed by atoms with Crippen molar-refractivity contribution in [2.45, 2.75) is 12.5 Å². The predicted molar refractivity (Wildman–Crippen MR) is 66.9 cm³/mol. The minimum absolute atomic E-state index is 0.340. The first-order valence-corrected chi connectivity index (χ1v) is 5.47. The summed E-state index contributed by atoms with van der Waals surface area (Å²) in [5.41, 5.74) is 7.19. The maximum Gasteiger partial charge on any atom is 0.0790 e. The lowest BCUT2D eigenvalue weighted by Gasteiger charge is -2.12. The SMILES string of the molecule is COCC(O)CCNc1cc(Cl)ccc1N. The number of aliphatic hydroxyl groups is 1. The minimum Gasteiger partial charge on any atom is -0.397 e. The quantitative estimate of drug-likeness (QED) is 0.667. The normalized spacial score (nSPS) is 12.4. The van der Waals surface area contributed by atoms with Gasteiger partial charge < -0.3 is 20.9 Å². The average Bonchev–Trinajstić information content (AvgIpc) is 2.23. The summed E-state index contributed by atoms with van der Waals surface area (Å²) in [6, 6.07) is 5.25. The molecule has 1 atom stereocenters. The van der Waals surface area contributed by atoms with Crippen LogP contribution < -0.4 is 11.1 Å². The van der Waals surface area contributed by atoms with Gasteiger partial charge in [-0.05, 0) is 24.6 Å². The summed E-state index contributed by atoms with van der Waals surface area (Å²) < 4.78 is 4.83. The molecule has 90 valence electrons. The minimum atomic E-state index is -0.460. The van der Waals surface area contributed by atoms with E-state index in [1.165, 1.54) is 0 Å². The number of nitrogens with one attached hydrogen (secondary N) is 1. The van der Waals surface area contributed by atoms with Gasteiger partial charge in [0.15, 0.2) is 0 Å². The van der Waals surface area contributed by atoms with Gasteiger partial charge in [-0.1, -0.05) is 11.6 Å².